The van der Waals surface area contributed by atoms with E-state index >= 15 is 0 Å². The van der Waals surface area contributed by atoms with Crippen LogP contribution in [0.4, 0.5) is 0 Å². The highest BCUT2D eigenvalue weighted by atomic mass is 35.5. The van der Waals surface area contributed by atoms with Crippen LogP contribution in [0.3, 0.4) is 0 Å². The summed E-state index contributed by atoms with van der Waals surface area (Å²) in [5.74, 6) is -0.437. The fourth-order valence-corrected chi connectivity index (χ4v) is 3.50. The molecule has 124 valence electrons. The van der Waals surface area contributed by atoms with Gasteiger partial charge in [-0.15, -0.1) is 11.3 Å². The summed E-state index contributed by atoms with van der Waals surface area (Å²) in [5.41, 5.74) is 1.41. The summed E-state index contributed by atoms with van der Waals surface area (Å²) in [5, 5.41) is 3.46. The number of aryl methyl sites for hydroxylation is 2. The normalized spacial score (nSPS) is 12.3. The summed E-state index contributed by atoms with van der Waals surface area (Å²) in [7, 11) is 0. The van der Waals surface area contributed by atoms with Crippen LogP contribution >= 0.6 is 22.9 Å². The SMILES string of the molecule is Cc1sc2ncc(C(=O)N[C@@H](C)c3ccc(Cl)cc3)c(=O)n2c1C. The van der Waals surface area contributed by atoms with Gasteiger partial charge in [-0.3, -0.25) is 14.0 Å². The van der Waals surface area contributed by atoms with E-state index in [0.29, 0.717) is 9.98 Å². The Hall–Kier alpha value is -2.18. The molecule has 0 saturated carbocycles. The highest BCUT2D eigenvalue weighted by molar-refractivity contribution is 7.17. The average molecular weight is 362 g/mol. The Morgan fingerprint density at radius 1 is 1.29 bits per heavy atom. The van der Waals surface area contributed by atoms with Crippen molar-refractivity contribution in [3.05, 3.63) is 67.5 Å². The largest absolute Gasteiger partial charge is 0.345 e. The first-order valence-electron chi connectivity index (χ1n) is 7.42. The molecule has 24 heavy (non-hydrogen) atoms. The van der Waals surface area contributed by atoms with Crippen molar-refractivity contribution in [2.45, 2.75) is 26.8 Å². The molecule has 5 nitrogen and oxygen atoms in total. The zero-order valence-electron chi connectivity index (χ0n) is 13.5. The topological polar surface area (TPSA) is 63.5 Å². The lowest BCUT2D eigenvalue weighted by molar-refractivity contribution is 0.0938. The average Bonchev–Trinajstić information content (AvgIpc) is 2.83. The van der Waals surface area contributed by atoms with E-state index in [4.69, 9.17) is 11.6 Å². The second-order valence-electron chi connectivity index (χ2n) is 5.59. The van der Waals surface area contributed by atoms with Crippen LogP contribution in [0.25, 0.3) is 4.96 Å². The van der Waals surface area contributed by atoms with Crippen molar-refractivity contribution in [3.8, 4) is 0 Å². The van der Waals surface area contributed by atoms with Crippen LogP contribution in [-0.2, 0) is 0 Å². The quantitative estimate of drug-likeness (QED) is 0.776. The van der Waals surface area contributed by atoms with Gasteiger partial charge in [-0.05, 0) is 38.5 Å². The monoisotopic (exact) mass is 361 g/mol. The number of nitrogens with one attached hydrogen (secondary N) is 1. The molecular weight excluding hydrogens is 346 g/mol. The van der Waals surface area contributed by atoms with E-state index in [1.165, 1.54) is 21.9 Å². The van der Waals surface area contributed by atoms with Crippen LogP contribution < -0.4 is 10.9 Å². The van der Waals surface area contributed by atoms with E-state index in [-0.39, 0.29) is 17.2 Å². The Balaban J connectivity index is 1.91. The van der Waals surface area contributed by atoms with Crippen molar-refractivity contribution in [1.82, 2.24) is 14.7 Å². The number of rotatable bonds is 3. The van der Waals surface area contributed by atoms with Crippen LogP contribution in [0, 0.1) is 13.8 Å². The summed E-state index contributed by atoms with van der Waals surface area (Å²) in [6, 6.07) is 6.96. The third kappa shape index (κ3) is 2.95. The number of benzene rings is 1. The molecule has 0 unspecified atom stereocenters. The minimum absolute atomic E-state index is 0.0363. The van der Waals surface area contributed by atoms with Crippen LogP contribution in [-0.4, -0.2) is 15.3 Å². The Morgan fingerprint density at radius 2 is 1.96 bits per heavy atom. The van der Waals surface area contributed by atoms with Crippen molar-refractivity contribution in [1.29, 1.82) is 0 Å². The maximum atomic E-state index is 12.6. The van der Waals surface area contributed by atoms with Gasteiger partial charge in [0, 0.05) is 21.8 Å². The molecule has 0 aliphatic rings. The molecule has 3 rings (SSSR count). The zero-order valence-corrected chi connectivity index (χ0v) is 15.0. The van der Waals surface area contributed by atoms with Gasteiger partial charge in [-0.25, -0.2) is 4.98 Å². The maximum absolute atomic E-state index is 12.6. The van der Waals surface area contributed by atoms with E-state index in [9.17, 15) is 9.59 Å². The highest BCUT2D eigenvalue weighted by Crippen LogP contribution is 2.19. The van der Waals surface area contributed by atoms with E-state index in [2.05, 4.69) is 10.3 Å². The molecule has 0 spiro atoms. The summed E-state index contributed by atoms with van der Waals surface area (Å²) >= 11 is 7.31. The molecule has 0 aliphatic carbocycles. The third-order valence-corrected chi connectivity index (χ3v) is 5.30. The van der Waals surface area contributed by atoms with Crippen molar-refractivity contribution >= 4 is 33.8 Å². The molecule has 0 aliphatic heterocycles. The first-order chi connectivity index (χ1) is 11.4. The Bertz CT molecular complexity index is 976. The van der Waals surface area contributed by atoms with Crippen LogP contribution in [0.5, 0.6) is 0 Å². The molecule has 3 aromatic rings. The second kappa shape index (κ2) is 6.37. The number of amides is 1. The molecule has 1 aromatic carbocycles. The van der Waals surface area contributed by atoms with E-state index in [0.717, 1.165) is 16.1 Å². The number of hydrogen-bond donors (Lipinski definition) is 1. The van der Waals surface area contributed by atoms with Gasteiger partial charge in [-0.2, -0.15) is 0 Å². The first-order valence-corrected chi connectivity index (χ1v) is 8.62. The molecule has 0 saturated heterocycles. The molecule has 1 N–H and O–H groups in total. The number of halogens is 1. The molecule has 0 fully saturated rings. The minimum Gasteiger partial charge on any atom is -0.345 e. The Labute approximate surface area is 147 Å². The van der Waals surface area contributed by atoms with Crippen LogP contribution in [0.1, 0.15) is 39.5 Å². The summed E-state index contributed by atoms with van der Waals surface area (Å²) in [6.45, 7) is 5.63. The zero-order chi connectivity index (χ0) is 17.4. The lowest BCUT2D eigenvalue weighted by Gasteiger charge is -2.14. The van der Waals surface area contributed by atoms with Crippen LogP contribution in [0.2, 0.25) is 5.02 Å². The fourth-order valence-electron chi connectivity index (χ4n) is 2.44. The van der Waals surface area contributed by atoms with Crippen molar-refractivity contribution in [2.75, 3.05) is 0 Å². The number of fused-ring (bicyclic) bond motifs is 1. The van der Waals surface area contributed by atoms with Gasteiger partial charge >= 0.3 is 0 Å². The second-order valence-corrected chi connectivity index (χ2v) is 7.20. The molecule has 0 radical (unpaired) electrons. The third-order valence-electron chi connectivity index (χ3n) is 3.98. The molecular formula is C17H16ClN3O2S. The molecule has 2 aromatic heterocycles. The van der Waals surface area contributed by atoms with Crippen LogP contribution in [0.15, 0.2) is 35.3 Å². The van der Waals surface area contributed by atoms with E-state index in [1.807, 2.05) is 32.9 Å². The lowest BCUT2D eigenvalue weighted by atomic mass is 10.1. The summed E-state index contributed by atoms with van der Waals surface area (Å²) in [6.07, 6.45) is 1.34. The number of hydrogen-bond acceptors (Lipinski definition) is 4. The first kappa shape index (κ1) is 16.7. The van der Waals surface area contributed by atoms with Crippen molar-refractivity contribution < 1.29 is 4.79 Å². The van der Waals surface area contributed by atoms with Gasteiger partial charge in [0.25, 0.3) is 11.5 Å². The van der Waals surface area contributed by atoms with Crippen molar-refractivity contribution in [3.63, 3.8) is 0 Å². The van der Waals surface area contributed by atoms with E-state index in [1.54, 1.807) is 12.1 Å². The summed E-state index contributed by atoms with van der Waals surface area (Å²) < 4.78 is 1.49. The maximum Gasteiger partial charge on any atom is 0.271 e. The van der Waals surface area contributed by atoms with Crippen molar-refractivity contribution in [2.24, 2.45) is 0 Å². The standard InChI is InChI=1S/C17H16ClN3O2S/c1-9(12-4-6-13(18)7-5-12)20-15(22)14-8-19-17-21(16(14)23)10(2)11(3)24-17/h4-9H,1-3H3,(H,20,22)/t9-/m0/s1. The molecule has 1 amide bonds. The number of carbonyl (C=O) groups is 1. The highest BCUT2D eigenvalue weighted by Gasteiger charge is 2.18. The van der Waals surface area contributed by atoms with Gasteiger partial charge < -0.3 is 5.32 Å². The Morgan fingerprint density at radius 3 is 2.62 bits per heavy atom. The fraction of sp³-hybridized carbons (Fsp3) is 0.235. The Kier molecular flexibility index (Phi) is 4.43. The molecule has 0 bridgehead atoms. The number of aromatic nitrogens is 2. The predicted octanol–water partition coefficient (Wildman–Crippen LogP) is 3.52. The molecule has 2 heterocycles. The number of thiazole rings is 1. The summed E-state index contributed by atoms with van der Waals surface area (Å²) in [4.78, 5) is 30.9. The number of carbonyl (C=O) groups excluding carboxylic acids is 1. The smallest absolute Gasteiger partial charge is 0.271 e. The van der Waals surface area contributed by atoms with Gasteiger partial charge in [0.1, 0.15) is 5.56 Å². The lowest BCUT2D eigenvalue weighted by Crippen LogP contribution is -2.33. The molecule has 1 atom stereocenters. The van der Waals surface area contributed by atoms with Gasteiger partial charge in [0.2, 0.25) is 0 Å². The minimum atomic E-state index is -0.437. The van der Waals surface area contributed by atoms with Gasteiger partial charge in [0.15, 0.2) is 4.96 Å². The van der Waals surface area contributed by atoms with E-state index < -0.39 is 5.91 Å². The predicted molar refractivity (Wildman–Crippen MR) is 96.1 cm³/mol. The van der Waals surface area contributed by atoms with Gasteiger partial charge in [-0.1, -0.05) is 23.7 Å². The molecule has 7 heteroatoms. The number of nitrogens with zero attached hydrogens (tertiary/aromatic N) is 2. The van der Waals surface area contributed by atoms with Gasteiger partial charge in [0.05, 0.1) is 6.04 Å².